The number of carbonyl (C=O) groups is 1. The summed E-state index contributed by atoms with van der Waals surface area (Å²) in [6.07, 6.45) is 8.14. The van der Waals surface area contributed by atoms with Gasteiger partial charge in [0.2, 0.25) is 0 Å². The van der Waals surface area contributed by atoms with Crippen molar-refractivity contribution in [2.75, 3.05) is 13.7 Å². The average molecular weight is 432 g/mol. The number of fused-ring (bicyclic) bond motifs is 1. The highest BCUT2D eigenvalue weighted by Crippen LogP contribution is 2.44. The van der Waals surface area contributed by atoms with E-state index in [9.17, 15) is 4.79 Å². The number of benzene rings is 1. The van der Waals surface area contributed by atoms with Crippen molar-refractivity contribution in [3.63, 3.8) is 0 Å². The molecule has 5 rings (SSSR count). The molecule has 2 atom stereocenters. The third kappa shape index (κ3) is 3.93. The van der Waals surface area contributed by atoms with Gasteiger partial charge in [0.15, 0.2) is 6.61 Å². The molecule has 3 heterocycles. The predicted molar refractivity (Wildman–Crippen MR) is 118 cm³/mol. The molecule has 32 heavy (non-hydrogen) atoms. The molecule has 1 saturated carbocycles. The van der Waals surface area contributed by atoms with Crippen LogP contribution in [0.2, 0.25) is 0 Å². The molecule has 2 unspecified atom stereocenters. The summed E-state index contributed by atoms with van der Waals surface area (Å²) in [5.74, 6) is 2.68. The molecule has 164 valence electrons. The van der Waals surface area contributed by atoms with Crippen molar-refractivity contribution in [1.29, 1.82) is 0 Å². The van der Waals surface area contributed by atoms with Crippen molar-refractivity contribution >= 4 is 17.7 Å². The number of furan rings is 2. The van der Waals surface area contributed by atoms with Gasteiger partial charge in [-0.2, -0.15) is 5.10 Å². The Bertz CT molecular complexity index is 1110. The number of methoxy groups -OCH3 is 1. The predicted octanol–water partition coefficient (Wildman–Crippen LogP) is 5.08. The van der Waals surface area contributed by atoms with E-state index in [1.54, 1.807) is 43.9 Å². The van der Waals surface area contributed by atoms with Crippen LogP contribution in [-0.2, 0) is 4.79 Å². The normalized spacial score (nSPS) is 21.3. The van der Waals surface area contributed by atoms with Crippen LogP contribution in [0.4, 0.5) is 0 Å². The Morgan fingerprint density at radius 1 is 1.12 bits per heavy atom. The molecule has 1 aliphatic carbocycles. The zero-order valence-electron chi connectivity index (χ0n) is 17.8. The second-order valence-corrected chi connectivity index (χ2v) is 7.83. The van der Waals surface area contributed by atoms with Crippen LogP contribution in [0.1, 0.15) is 36.8 Å². The second kappa shape index (κ2) is 8.78. The van der Waals surface area contributed by atoms with Gasteiger partial charge < -0.3 is 18.3 Å². The Morgan fingerprint density at radius 3 is 2.62 bits per heavy atom. The summed E-state index contributed by atoms with van der Waals surface area (Å²) in [6.45, 7) is -0.121. The smallest absolute Gasteiger partial charge is 0.281 e. The van der Waals surface area contributed by atoms with Crippen LogP contribution in [0.25, 0.3) is 6.08 Å². The minimum absolute atomic E-state index is 0.0704. The largest absolute Gasteiger partial charge is 0.497 e. The summed E-state index contributed by atoms with van der Waals surface area (Å²) in [7, 11) is 1.61. The number of hydrazone groups is 1. The zero-order chi connectivity index (χ0) is 21.9. The van der Waals surface area contributed by atoms with E-state index in [2.05, 4.69) is 0 Å². The van der Waals surface area contributed by atoms with E-state index in [1.165, 1.54) is 5.01 Å². The highest BCUT2D eigenvalue weighted by atomic mass is 16.5. The molecule has 2 aliphatic rings. The Hall–Kier alpha value is -3.74. The fourth-order valence-electron chi connectivity index (χ4n) is 4.37. The van der Waals surface area contributed by atoms with Crippen molar-refractivity contribution in [3.8, 4) is 11.5 Å². The molecule has 1 fully saturated rings. The third-order valence-corrected chi connectivity index (χ3v) is 5.87. The van der Waals surface area contributed by atoms with E-state index < -0.39 is 0 Å². The molecule has 1 aliphatic heterocycles. The topological polar surface area (TPSA) is 77.4 Å². The summed E-state index contributed by atoms with van der Waals surface area (Å²) in [5.41, 5.74) is 2.02. The molecule has 1 amide bonds. The number of hydrogen-bond acceptors (Lipinski definition) is 6. The van der Waals surface area contributed by atoms with E-state index in [-0.39, 0.29) is 24.5 Å². The first-order chi connectivity index (χ1) is 15.7. The molecule has 1 aromatic carbocycles. The van der Waals surface area contributed by atoms with Crippen LogP contribution in [0.5, 0.6) is 11.5 Å². The summed E-state index contributed by atoms with van der Waals surface area (Å²) in [5, 5.41) is 6.31. The standard InChI is InChI=1S/C25H24N2O5/c1-29-18-9-11-19(12-10-18)32-16-23(28)27-25(22-8-4-14-31-22)21-7-2-5-17(24(21)26-27)15-20-6-3-13-30-20/h3-4,6,8-15,21,25H,2,5,7,16H2,1H3/b17-15+. The molecule has 0 N–H and O–H groups in total. The SMILES string of the molecule is COc1ccc(OCC(=O)N2N=C3/C(=C/c4ccco4)CCCC3C2c2ccco2)cc1. The number of hydrogen-bond donors (Lipinski definition) is 0. The fraction of sp³-hybridized carbons (Fsp3) is 0.280. The van der Waals surface area contributed by atoms with Crippen molar-refractivity contribution in [2.24, 2.45) is 11.0 Å². The molecule has 0 spiro atoms. The number of allylic oxidation sites excluding steroid dienone is 1. The number of amides is 1. The van der Waals surface area contributed by atoms with Gasteiger partial charge in [-0.25, -0.2) is 5.01 Å². The first-order valence-corrected chi connectivity index (χ1v) is 10.7. The van der Waals surface area contributed by atoms with Crippen LogP contribution < -0.4 is 9.47 Å². The van der Waals surface area contributed by atoms with Crippen molar-refractivity contribution in [2.45, 2.75) is 25.3 Å². The molecule has 0 saturated heterocycles. The highest BCUT2D eigenvalue weighted by Gasteiger charge is 2.45. The highest BCUT2D eigenvalue weighted by molar-refractivity contribution is 6.08. The van der Waals surface area contributed by atoms with Gasteiger partial charge in [-0.1, -0.05) is 0 Å². The maximum absolute atomic E-state index is 13.2. The van der Waals surface area contributed by atoms with Gasteiger partial charge in [0, 0.05) is 5.92 Å². The van der Waals surface area contributed by atoms with Crippen LogP contribution in [0, 0.1) is 5.92 Å². The van der Waals surface area contributed by atoms with E-state index >= 15 is 0 Å². The minimum Gasteiger partial charge on any atom is -0.497 e. The third-order valence-electron chi connectivity index (χ3n) is 5.87. The molecule has 0 radical (unpaired) electrons. The van der Waals surface area contributed by atoms with E-state index in [4.69, 9.17) is 23.4 Å². The Morgan fingerprint density at radius 2 is 1.91 bits per heavy atom. The van der Waals surface area contributed by atoms with Crippen molar-refractivity contribution in [1.82, 2.24) is 5.01 Å². The van der Waals surface area contributed by atoms with Gasteiger partial charge in [0.25, 0.3) is 5.91 Å². The van der Waals surface area contributed by atoms with Gasteiger partial charge in [-0.15, -0.1) is 0 Å². The van der Waals surface area contributed by atoms with Gasteiger partial charge in [-0.05, 0) is 79.4 Å². The first-order valence-electron chi connectivity index (χ1n) is 10.7. The van der Waals surface area contributed by atoms with E-state index in [0.717, 1.165) is 47.8 Å². The Balaban J connectivity index is 1.40. The summed E-state index contributed by atoms with van der Waals surface area (Å²) < 4.78 is 22.1. The second-order valence-electron chi connectivity index (χ2n) is 7.83. The van der Waals surface area contributed by atoms with Gasteiger partial charge in [0.1, 0.15) is 29.1 Å². The number of rotatable bonds is 6. The van der Waals surface area contributed by atoms with Gasteiger partial charge in [-0.3, -0.25) is 4.79 Å². The fourth-order valence-corrected chi connectivity index (χ4v) is 4.37. The van der Waals surface area contributed by atoms with Crippen molar-refractivity contribution < 1.29 is 23.1 Å². The molecular formula is C25H24N2O5. The lowest BCUT2D eigenvalue weighted by molar-refractivity contribution is -0.136. The number of nitrogens with zero attached hydrogens (tertiary/aromatic N) is 2. The summed E-state index contributed by atoms with van der Waals surface area (Å²) in [4.78, 5) is 13.2. The summed E-state index contributed by atoms with van der Waals surface area (Å²) in [6, 6.07) is 14.4. The maximum atomic E-state index is 13.2. The lowest BCUT2D eigenvalue weighted by Crippen LogP contribution is -2.34. The first kappa shape index (κ1) is 20.2. The minimum atomic E-state index is -0.285. The number of carbonyl (C=O) groups excluding carboxylic acids is 1. The lowest BCUT2D eigenvalue weighted by atomic mass is 9.79. The molecule has 2 aromatic heterocycles. The van der Waals surface area contributed by atoms with Gasteiger partial charge >= 0.3 is 0 Å². The Kier molecular flexibility index (Phi) is 5.54. The van der Waals surface area contributed by atoms with Crippen LogP contribution in [-0.4, -0.2) is 30.3 Å². The monoisotopic (exact) mass is 432 g/mol. The lowest BCUT2D eigenvalue weighted by Gasteiger charge is -2.27. The van der Waals surface area contributed by atoms with Crippen LogP contribution in [0.15, 0.2) is 80.6 Å². The van der Waals surface area contributed by atoms with Crippen LogP contribution >= 0.6 is 0 Å². The van der Waals surface area contributed by atoms with E-state index in [1.807, 2.05) is 30.3 Å². The van der Waals surface area contributed by atoms with Gasteiger partial charge in [0.05, 0.1) is 25.3 Å². The molecule has 0 bridgehead atoms. The zero-order valence-corrected chi connectivity index (χ0v) is 17.8. The quantitative estimate of drug-likeness (QED) is 0.543. The number of ether oxygens (including phenoxy) is 2. The average Bonchev–Trinajstić information content (AvgIpc) is 3.58. The Labute approximate surface area is 185 Å². The van der Waals surface area contributed by atoms with Crippen molar-refractivity contribution in [3.05, 3.63) is 78.2 Å². The molecule has 7 heteroatoms. The molecular weight excluding hydrogens is 408 g/mol. The molecule has 3 aromatic rings. The van der Waals surface area contributed by atoms with Crippen LogP contribution in [0.3, 0.4) is 0 Å². The maximum Gasteiger partial charge on any atom is 0.281 e. The molecule has 7 nitrogen and oxygen atoms in total. The summed E-state index contributed by atoms with van der Waals surface area (Å²) >= 11 is 0. The van der Waals surface area contributed by atoms with E-state index in [0.29, 0.717) is 5.75 Å².